The van der Waals surface area contributed by atoms with Gasteiger partial charge in [0.25, 0.3) is 0 Å². The predicted octanol–water partition coefficient (Wildman–Crippen LogP) is 0.353. The molecule has 2 N–H and O–H groups in total. The van der Waals surface area contributed by atoms with Gasteiger partial charge in [0.1, 0.15) is 12.4 Å². The summed E-state index contributed by atoms with van der Waals surface area (Å²) in [7, 11) is 0. The molecule has 0 saturated heterocycles. The lowest BCUT2D eigenvalue weighted by Crippen LogP contribution is -2.41. The van der Waals surface area contributed by atoms with E-state index in [1.54, 1.807) is 13.8 Å². The summed E-state index contributed by atoms with van der Waals surface area (Å²) in [5.74, 6) is -0.927. The Kier molecular flexibility index (Phi) is 3.69. The second kappa shape index (κ2) is 5.28. The van der Waals surface area contributed by atoms with Crippen molar-refractivity contribution in [3.63, 3.8) is 0 Å². The third kappa shape index (κ3) is 2.76. The Morgan fingerprint density at radius 3 is 2.75 bits per heavy atom. The van der Waals surface area contributed by atoms with Crippen LogP contribution in [0.1, 0.15) is 13.8 Å². The van der Waals surface area contributed by atoms with Crippen molar-refractivity contribution in [1.82, 2.24) is 14.9 Å². The molecule has 0 aliphatic carbocycles. The first-order valence-electron chi connectivity index (χ1n) is 6.10. The maximum absolute atomic E-state index is 13.1. The average Bonchev–Trinajstić information content (AvgIpc) is 2.33. The standard InChI is InChI=1S/C13H14FN3O3/c1-7(2)15-11(18)6-17-10-4-3-8(14)5-9(10)16-12(19)13(17)20/h3-5,7H,6H2,1-2H3,(H,15,18)(H,16,19). The number of nitrogens with one attached hydrogen (secondary N) is 2. The summed E-state index contributed by atoms with van der Waals surface area (Å²) in [5, 5.41) is 2.63. The van der Waals surface area contributed by atoms with Crippen LogP contribution in [0.4, 0.5) is 4.39 Å². The predicted molar refractivity (Wildman–Crippen MR) is 72.1 cm³/mol. The highest BCUT2D eigenvalue weighted by atomic mass is 19.1. The minimum atomic E-state index is -0.888. The van der Waals surface area contributed by atoms with Crippen LogP contribution in [0.5, 0.6) is 0 Å². The monoisotopic (exact) mass is 279 g/mol. The zero-order chi connectivity index (χ0) is 14.9. The summed E-state index contributed by atoms with van der Waals surface area (Å²) in [4.78, 5) is 37.4. The topological polar surface area (TPSA) is 84.0 Å². The van der Waals surface area contributed by atoms with Crippen molar-refractivity contribution in [3.05, 3.63) is 44.7 Å². The van der Waals surface area contributed by atoms with Crippen molar-refractivity contribution in [2.45, 2.75) is 26.4 Å². The zero-order valence-corrected chi connectivity index (χ0v) is 11.1. The molecule has 20 heavy (non-hydrogen) atoms. The van der Waals surface area contributed by atoms with Crippen LogP contribution in [0.3, 0.4) is 0 Å². The first-order chi connectivity index (χ1) is 9.38. The average molecular weight is 279 g/mol. The third-order valence-electron chi connectivity index (χ3n) is 2.69. The second-order valence-electron chi connectivity index (χ2n) is 4.73. The summed E-state index contributed by atoms with van der Waals surface area (Å²) >= 11 is 0. The van der Waals surface area contributed by atoms with E-state index >= 15 is 0 Å². The van der Waals surface area contributed by atoms with Crippen molar-refractivity contribution in [3.8, 4) is 0 Å². The molecular formula is C13H14FN3O3. The van der Waals surface area contributed by atoms with Gasteiger partial charge in [0, 0.05) is 6.04 Å². The van der Waals surface area contributed by atoms with Crippen LogP contribution >= 0.6 is 0 Å². The number of carbonyl (C=O) groups is 1. The number of hydrogen-bond donors (Lipinski definition) is 2. The van der Waals surface area contributed by atoms with Gasteiger partial charge >= 0.3 is 11.1 Å². The van der Waals surface area contributed by atoms with Crippen LogP contribution in [0, 0.1) is 5.82 Å². The number of aromatic amines is 1. The third-order valence-corrected chi connectivity index (χ3v) is 2.69. The van der Waals surface area contributed by atoms with E-state index in [-0.39, 0.29) is 18.1 Å². The number of carbonyl (C=O) groups excluding carboxylic acids is 1. The van der Waals surface area contributed by atoms with Crippen molar-refractivity contribution < 1.29 is 9.18 Å². The molecule has 6 nitrogen and oxygen atoms in total. The highest BCUT2D eigenvalue weighted by molar-refractivity contribution is 5.80. The molecule has 1 amide bonds. The number of H-pyrrole nitrogens is 1. The Balaban J connectivity index is 2.56. The molecule has 0 bridgehead atoms. The van der Waals surface area contributed by atoms with Gasteiger partial charge in [-0.3, -0.25) is 19.0 Å². The lowest BCUT2D eigenvalue weighted by Gasteiger charge is -2.11. The van der Waals surface area contributed by atoms with Crippen molar-refractivity contribution in [1.29, 1.82) is 0 Å². The zero-order valence-electron chi connectivity index (χ0n) is 11.1. The van der Waals surface area contributed by atoms with Gasteiger partial charge in [-0.25, -0.2) is 4.39 Å². The van der Waals surface area contributed by atoms with E-state index in [9.17, 15) is 18.8 Å². The van der Waals surface area contributed by atoms with Gasteiger partial charge in [-0.15, -0.1) is 0 Å². The lowest BCUT2D eigenvalue weighted by atomic mass is 10.3. The lowest BCUT2D eigenvalue weighted by molar-refractivity contribution is -0.122. The summed E-state index contributed by atoms with van der Waals surface area (Å²) < 4.78 is 14.2. The maximum atomic E-state index is 13.1. The number of hydrogen-bond acceptors (Lipinski definition) is 3. The molecule has 0 spiro atoms. The van der Waals surface area contributed by atoms with Crippen LogP contribution in [0.25, 0.3) is 11.0 Å². The highest BCUT2D eigenvalue weighted by Crippen LogP contribution is 2.10. The molecule has 0 saturated carbocycles. The highest BCUT2D eigenvalue weighted by Gasteiger charge is 2.12. The van der Waals surface area contributed by atoms with E-state index in [1.165, 1.54) is 6.07 Å². The smallest absolute Gasteiger partial charge is 0.317 e. The summed E-state index contributed by atoms with van der Waals surface area (Å²) in [6.45, 7) is 3.28. The van der Waals surface area contributed by atoms with Gasteiger partial charge in [-0.2, -0.15) is 0 Å². The van der Waals surface area contributed by atoms with E-state index in [1.807, 2.05) is 0 Å². The SMILES string of the molecule is CC(C)NC(=O)Cn1c(=O)c(=O)[nH]c2cc(F)ccc21. The number of fused-ring (bicyclic) bond motifs is 1. The van der Waals surface area contributed by atoms with Crippen LogP contribution in [0.15, 0.2) is 27.8 Å². The van der Waals surface area contributed by atoms with Gasteiger partial charge < -0.3 is 10.3 Å². The Morgan fingerprint density at radius 2 is 2.10 bits per heavy atom. The molecule has 0 atom stereocenters. The molecule has 2 rings (SSSR count). The largest absolute Gasteiger partial charge is 0.352 e. The molecule has 0 aliphatic rings. The Hall–Kier alpha value is -2.44. The number of rotatable bonds is 3. The van der Waals surface area contributed by atoms with E-state index in [4.69, 9.17) is 0 Å². The van der Waals surface area contributed by atoms with Crippen LogP contribution < -0.4 is 16.4 Å². The fourth-order valence-corrected chi connectivity index (χ4v) is 1.92. The minimum absolute atomic E-state index is 0.0797. The van der Waals surface area contributed by atoms with Gasteiger partial charge in [-0.1, -0.05) is 0 Å². The van der Waals surface area contributed by atoms with E-state index in [2.05, 4.69) is 10.3 Å². The van der Waals surface area contributed by atoms with Crippen LogP contribution in [-0.2, 0) is 11.3 Å². The molecule has 0 radical (unpaired) electrons. The first kappa shape index (κ1) is 14.0. The normalized spacial score (nSPS) is 11.0. The summed E-state index contributed by atoms with van der Waals surface area (Å²) in [5.41, 5.74) is -1.26. The van der Waals surface area contributed by atoms with Gasteiger partial charge in [0.2, 0.25) is 5.91 Å². The Morgan fingerprint density at radius 1 is 1.40 bits per heavy atom. The van der Waals surface area contributed by atoms with Gasteiger partial charge in [0.05, 0.1) is 11.0 Å². The Bertz CT molecular complexity index is 777. The minimum Gasteiger partial charge on any atom is -0.352 e. The van der Waals surface area contributed by atoms with Crippen LogP contribution in [-0.4, -0.2) is 21.5 Å². The molecule has 1 aromatic heterocycles. The van der Waals surface area contributed by atoms with Gasteiger partial charge in [0.15, 0.2) is 0 Å². The first-order valence-corrected chi connectivity index (χ1v) is 6.10. The molecular weight excluding hydrogens is 265 g/mol. The Labute approximate surface area is 113 Å². The molecule has 106 valence electrons. The maximum Gasteiger partial charge on any atom is 0.317 e. The molecule has 2 aromatic rings. The molecule has 0 unspecified atom stereocenters. The molecule has 0 fully saturated rings. The quantitative estimate of drug-likeness (QED) is 0.795. The van der Waals surface area contributed by atoms with Crippen LogP contribution in [0.2, 0.25) is 0 Å². The van der Waals surface area contributed by atoms with E-state index in [0.717, 1.165) is 16.7 Å². The fraction of sp³-hybridized carbons (Fsp3) is 0.308. The number of benzene rings is 1. The molecule has 1 aromatic carbocycles. The number of halogens is 1. The fourth-order valence-electron chi connectivity index (χ4n) is 1.92. The summed E-state index contributed by atoms with van der Waals surface area (Å²) in [6, 6.07) is 3.54. The van der Waals surface area contributed by atoms with E-state index < -0.39 is 22.8 Å². The molecule has 0 aliphatic heterocycles. The number of amides is 1. The summed E-state index contributed by atoms with van der Waals surface area (Å²) in [6.07, 6.45) is 0. The van der Waals surface area contributed by atoms with Crippen molar-refractivity contribution in [2.75, 3.05) is 0 Å². The molecule has 1 heterocycles. The van der Waals surface area contributed by atoms with Crippen molar-refractivity contribution in [2.24, 2.45) is 0 Å². The van der Waals surface area contributed by atoms with E-state index in [0.29, 0.717) is 5.52 Å². The number of nitrogens with zero attached hydrogens (tertiary/aromatic N) is 1. The second-order valence-corrected chi connectivity index (χ2v) is 4.73. The molecule has 7 heteroatoms. The van der Waals surface area contributed by atoms with Crippen molar-refractivity contribution >= 4 is 16.9 Å². The number of aromatic nitrogens is 2. The van der Waals surface area contributed by atoms with Gasteiger partial charge in [-0.05, 0) is 32.0 Å².